The van der Waals surface area contributed by atoms with Gasteiger partial charge in [0.25, 0.3) is 11.5 Å². The Morgan fingerprint density at radius 3 is 2.97 bits per heavy atom. The van der Waals surface area contributed by atoms with E-state index in [9.17, 15) is 14.4 Å². The third-order valence-corrected chi connectivity index (χ3v) is 6.07. The van der Waals surface area contributed by atoms with Crippen molar-refractivity contribution >= 4 is 39.8 Å². The topological polar surface area (TPSA) is 142 Å². The van der Waals surface area contributed by atoms with E-state index in [0.717, 1.165) is 12.0 Å². The molecule has 2 aliphatic heterocycles. The van der Waals surface area contributed by atoms with Gasteiger partial charge in [0.2, 0.25) is 5.91 Å². The van der Waals surface area contributed by atoms with Crippen molar-refractivity contribution in [2.75, 3.05) is 23.4 Å². The number of H-pyrrole nitrogens is 1. The zero-order valence-corrected chi connectivity index (χ0v) is 18.4. The Bertz CT molecular complexity index is 1380. The first-order valence-corrected chi connectivity index (χ1v) is 11.0. The molecule has 34 heavy (non-hydrogen) atoms. The maximum atomic E-state index is 13.1. The molecule has 2 amide bonds. The summed E-state index contributed by atoms with van der Waals surface area (Å²) in [6.07, 6.45) is 1.49. The van der Waals surface area contributed by atoms with Gasteiger partial charge in [-0.1, -0.05) is 18.7 Å². The Morgan fingerprint density at radius 1 is 1.29 bits per heavy atom. The lowest BCUT2D eigenvalue weighted by molar-refractivity contribution is -0.119. The molecule has 0 unspecified atom stereocenters. The minimum absolute atomic E-state index is 0.00502. The molecule has 1 atom stereocenters. The molecule has 5 N–H and O–H groups in total. The molecule has 5 rings (SSSR count). The lowest BCUT2D eigenvalue weighted by Crippen LogP contribution is -2.40. The second kappa shape index (κ2) is 8.54. The number of aromatic amines is 1. The number of hydrogen-bond donors (Lipinski definition) is 4. The number of fused-ring (bicyclic) bond motifs is 2. The summed E-state index contributed by atoms with van der Waals surface area (Å²) in [4.78, 5) is 45.8. The quantitative estimate of drug-likeness (QED) is 0.436. The lowest BCUT2D eigenvalue weighted by atomic mass is 10.1. The average Bonchev–Trinajstić information content (AvgIpc) is 3.32. The number of amides is 2. The summed E-state index contributed by atoms with van der Waals surface area (Å²) in [6.45, 7) is 5.07. The second-order valence-electron chi connectivity index (χ2n) is 8.34. The van der Waals surface area contributed by atoms with Crippen LogP contribution in [0.2, 0.25) is 0 Å². The van der Waals surface area contributed by atoms with E-state index in [4.69, 9.17) is 10.5 Å². The number of aromatic nitrogens is 2. The predicted molar refractivity (Wildman–Crippen MR) is 128 cm³/mol. The average molecular weight is 460 g/mol. The van der Waals surface area contributed by atoms with Gasteiger partial charge < -0.3 is 31.0 Å². The van der Waals surface area contributed by atoms with Gasteiger partial charge in [-0.15, -0.1) is 0 Å². The van der Waals surface area contributed by atoms with E-state index in [-0.39, 0.29) is 18.1 Å². The van der Waals surface area contributed by atoms with Crippen molar-refractivity contribution in [1.29, 1.82) is 0 Å². The van der Waals surface area contributed by atoms with Gasteiger partial charge in [0, 0.05) is 13.1 Å². The van der Waals surface area contributed by atoms with E-state index < -0.39 is 11.9 Å². The van der Waals surface area contributed by atoms with E-state index in [1.54, 1.807) is 12.1 Å². The fourth-order valence-corrected chi connectivity index (χ4v) is 4.44. The van der Waals surface area contributed by atoms with Crippen molar-refractivity contribution in [2.45, 2.75) is 25.4 Å². The van der Waals surface area contributed by atoms with Crippen molar-refractivity contribution in [3.63, 3.8) is 0 Å². The number of anilines is 2. The van der Waals surface area contributed by atoms with E-state index in [1.165, 1.54) is 0 Å². The van der Waals surface area contributed by atoms with Gasteiger partial charge in [0.15, 0.2) is 12.4 Å². The third kappa shape index (κ3) is 3.94. The molecule has 1 fully saturated rings. The van der Waals surface area contributed by atoms with Crippen LogP contribution in [-0.4, -0.2) is 41.0 Å². The fraction of sp³-hybridized carbons (Fsp3) is 0.250. The van der Waals surface area contributed by atoms with Crippen LogP contribution in [-0.2, 0) is 16.1 Å². The Labute approximate surface area is 194 Å². The number of carbonyl (C=O) groups excluding carboxylic acids is 2. The molecule has 0 aliphatic carbocycles. The second-order valence-corrected chi connectivity index (χ2v) is 8.34. The number of carbonyl (C=O) groups is 2. The van der Waals surface area contributed by atoms with Crippen molar-refractivity contribution in [3.05, 3.63) is 64.7 Å². The molecule has 3 heterocycles. The molecule has 2 aromatic carbocycles. The summed E-state index contributed by atoms with van der Waals surface area (Å²) in [5.41, 5.74) is 8.35. The highest BCUT2D eigenvalue weighted by atomic mass is 16.5. The van der Waals surface area contributed by atoms with Crippen LogP contribution in [0.5, 0.6) is 5.75 Å². The molecular formula is C24H24N6O4. The summed E-state index contributed by atoms with van der Waals surface area (Å²) in [5.74, 6) is 0.337. The minimum Gasteiger partial charge on any atom is -0.482 e. The van der Waals surface area contributed by atoms with Crippen molar-refractivity contribution in [2.24, 2.45) is 5.73 Å². The smallest absolute Gasteiger partial charge is 0.262 e. The predicted octanol–water partition coefficient (Wildman–Crippen LogP) is 1.47. The van der Waals surface area contributed by atoms with Crippen LogP contribution in [0.1, 0.15) is 24.2 Å². The monoisotopic (exact) mass is 460 g/mol. The van der Waals surface area contributed by atoms with Gasteiger partial charge in [-0.05, 0) is 42.7 Å². The highest BCUT2D eigenvalue weighted by Gasteiger charge is 2.30. The highest BCUT2D eigenvalue weighted by Crippen LogP contribution is 2.30. The summed E-state index contributed by atoms with van der Waals surface area (Å²) in [7, 11) is 0. The largest absolute Gasteiger partial charge is 0.482 e. The van der Waals surface area contributed by atoms with Gasteiger partial charge in [-0.25, -0.2) is 4.98 Å². The van der Waals surface area contributed by atoms with E-state index >= 15 is 0 Å². The number of hydrogen-bond acceptors (Lipinski definition) is 7. The van der Waals surface area contributed by atoms with Gasteiger partial charge >= 0.3 is 0 Å². The van der Waals surface area contributed by atoms with Crippen LogP contribution in [0.15, 0.2) is 47.8 Å². The highest BCUT2D eigenvalue weighted by molar-refractivity contribution is 5.96. The molecule has 1 saturated heterocycles. The van der Waals surface area contributed by atoms with Crippen molar-refractivity contribution < 1.29 is 14.3 Å². The number of rotatable bonds is 6. The van der Waals surface area contributed by atoms with Crippen LogP contribution in [0.25, 0.3) is 16.6 Å². The fourth-order valence-electron chi connectivity index (χ4n) is 4.44. The lowest BCUT2D eigenvalue weighted by Gasteiger charge is -2.25. The van der Waals surface area contributed by atoms with Crippen LogP contribution in [0, 0.1) is 0 Å². The first kappa shape index (κ1) is 21.5. The van der Waals surface area contributed by atoms with Crippen LogP contribution in [0.4, 0.5) is 11.4 Å². The Hall–Kier alpha value is -4.34. The molecular weight excluding hydrogens is 436 g/mol. The molecule has 174 valence electrons. The molecule has 10 heteroatoms. The van der Waals surface area contributed by atoms with Gasteiger partial charge in [0.1, 0.15) is 11.8 Å². The van der Waals surface area contributed by atoms with Gasteiger partial charge in [-0.2, -0.15) is 0 Å². The minimum atomic E-state index is -0.437. The summed E-state index contributed by atoms with van der Waals surface area (Å²) in [5, 5.41) is 6.36. The van der Waals surface area contributed by atoms with E-state index in [1.807, 2.05) is 29.2 Å². The molecule has 0 radical (unpaired) electrons. The molecule has 2 aliphatic rings. The van der Waals surface area contributed by atoms with E-state index in [0.29, 0.717) is 59.1 Å². The Balaban J connectivity index is 1.38. The molecule has 0 spiro atoms. The standard InChI is InChI=1S/C24H24N6O4/c1-13(26-11-14-7-8-19-16(10-14)27-20(31)12-34-19)23-28-15-4-2-5-17(21(15)24(33)29-23)30-9-3-6-18(30)22(25)32/h2,4-5,7-8,10,18,26H,1,3,6,9,11-12H2,(H2,25,32)(H,27,31)(H,28,29,33)/t18-/m0/s1. The number of primary amides is 1. The van der Waals surface area contributed by atoms with Crippen LogP contribution < -0.4 is 31.6 Å². The zero-order chi connectivity index (χ0) is 23.8. The third-order valence-electron chi connectivity index (χ3n) is 6.07. The maximum absolute atomic E-state index is 13.1. The SMILES string of the molecule is C=C(NCc1ccc2c(c1)NC(=O)CO2)c1nc2cccc(N3CCC[C@H]3C(N)=O)c2c(=O)[nH]1. The Morgan fingerprint density at radius 2 is 2.15 bits per heavy atom. The first-order valence-electron chi connectivity index (χ1n) is 11.0. The first-order chi connectivity index (χ1) is 16.4. The number of benzene rings is 2. The molecule has 10 nitrogen and oxygen atoms in total. The molecule has 3 aromatic rings. The summed E-state index contributed by atoms with van der Waals surface area (Å²) in [6, 6.07) is 10.4. The van der Waals surface area contributed by atoms with Crippen molar-refractivity contribution in [3.8, 4) is 5.75 Å². The number of nitrogens with two attached hydrogens (primary N) is 1. The number of nitrogens with zero attached hydrogens (tertiary/aromatic N) is 2. The van der Waals surface area contributed by atoms with E-state index in [2.05, 4.69) is 27.2 Å². The molecule has 0 bridgehead atoms. The number of ether oxygens (including phenoxy) is 1. The van der Waals surface area contributed by atoms with Gasteiger partial charge in [-0.3, -0.25) is 14.4 Å². The normalized spacial score (nSPS) is 17.1. The molecule has 0 saturated carbocycles. The summed E-state index contributed by atoms with van der Waals surface area (Å²) < 4.78 is 5.38. The van der Waals surface area contributed by atoms with Crippen LogP contribution >= 0.6 is 0 Å². The number of nitrogens with one attached hydrogen (secondary N) is 3. The molecule has 1 aromatic heterocycles. The van der Waals surface area contributed by atoms with Gasteiger partial charge in [0.05, 0.1) is 28.0 Å². The maximum Gasteiger partial charge on any atom is 0.262 e. The van der Waals surface area contributed by atoms with Crippen molar-refractivity contribution in [1.82, 2.24) is 15.3 Å². The zero-order valence-electron chi connectivity index (χ0n) is 18.4. The summed E-state index contributed by atoms with van der Waals surface area (Å²) >= 11 is 0. The van der Waals surface area contributed by atoms with Crippen LogP contribution in [0.3, 0.4) is 0 Å². The Kier molecular flexibility index (Phi) is 5.40.